The smallest absolute Gasteiger partial charge is 0.275 e. The molecule has 2 unspecified atom stereocenters. The standard InChI is InChI=1S/C14H17FO8S2/c15-7-5-11(24(18,19)20)13(16)9-1-3-10(4-2-9)14(17)12-6-8-23-25(12,21)22/h1-4,11-12,21-22H,5-8H2,(H,18,19,20). The molecule has 11 heteroatoms. The van der Waals surface area contributed by atoms with Gasteiger partial charge in [-0.25, -0.2) is 0 Å². The van der Waals surface area contributed by atoms with Crippen LogP contribution in [-0.4, -0.2) is 57.4 Å². The van der Waals surface area contributed by atoms with Gasteiger partial charge in [0.2, 0.25) is 0 Å². The Kier molecular flexibility index (Phi) is 5.97. The van der Waals surface area contributed by atoms with E-state index < -0.39 is 56.2 Å². The Morgan fingerprint density at radius 1 is 1.24 bits per heavy atom. The van der Waals surface area contributed by atoms with Crippen LogP contribution in [0.25, 0.3) is 0 Å². The summed E-state index contributed by atoms with van der Waals surface area (Å²) in [6.45, 7) is -1.07. The van der Waals surface area contributed by atoms with Gasteiger partial charge in [0.1, 0.15) is 5.25 Å². The van der Waals surface area contributed by atoms with Gasteiger partial charge in [0.25, 0.3) is 10.1 Å². The maximum Gasteiger partial charge on any atom is 0.275 e. The zero-order chi connectivity index (χ0) is 18.8. The summed E-state index contributed by atoms with van der Waals surface area (Å²) in [5, 5.41) is -3.03. The minimum atomic E-state index is -4.77. The van der Waals surface area contributed by atoms with Crippen molar-refractivity contribution in [3.8, 4) is 0 Å². The van der Waals surface area contributed by atoms with E-state index in [-0.39, 0.29) is 24.2 Å². The molecule has 0 spiro atoms. The summed E-state index contributed by atoms with van der Waals surface area (Å²) in [4.78, 5) is 24.4. The second-order valence-electron chi connectivity index (χ2n) is 5.42. The first-order chi connectivity index (χ1) is 11.6. The lowest BCUT2D eigenvalue weighted by atomic mass is 10.0. The third kappa shape index (κ3) is 4.43. The predicted octanol–water partition coefficient (Wildman–Crippen LogP) is 2.12. The Bertz CT molecular complexity index is 760. The van der Waals surface area contributed by atoms with E-state index in [9.17, 15) is 31.5 Å². The second kappa shape index (κ2) is 7.48. The van der Waals surface area contributed by atoms with Crippen LogP contribution in [0.2, 0.25) is 0 Å². The maximum absolute atomic E-state index is 12.4. The molecule has 1 aromatic carbocycles. The Labute approximate surface area is 145 Å². The summed E-state index contributed by atoms with van der Waals surface area (Å²) in [6, 6.07) is 4.76. The van der Waals surface area contributed by atoms with Crippen LogP contribution in [-0.2, 0) is 14.3 Å². The van der Waals surface area contributed by atoms with Gasteiger partial charge in [0.15, 0.2) is 16.8 Å². The van der Waals surface area contributed by atoms with Gasteiger partial charge in [0, 0.05) is 17.5 Å². The van der Waals surface area contributed by atoms with Gasteiger partial charge < -0.3 is 9.11 Å². The van der Waals surface area contributed by atoms with Gasteiger partial charge >= 0.3 is 0 Å². The first-order valence-corrected chi connectivity index (χ1v) is 10.2. The first-order valence-electron chi connectivity index (χ1n) is 7.20. The van der Waals surface area contributed by atoms with Crippen molar-refractivity contribution in [1.29, 1.82) is 0 Å². The molecule has 3 N–H and O–H groups in total. The van der Waals surface area contributed by atoms with Gasteiger partial charge in [-0.15, -0.1) is 0 Å². The highest BCUT2D eigenvalue weighted by Gasteiger charge is 2.42. The number of alkyl halides is 1. The minimum Gasteiger partial charge on any atom is -0.307 e. The number of rotatable bonds is 7. The van der Waals surface area contributed by atoms with E-state index in [1.54, 1.807) is 0 Å². The highest BCUT2D eigenvalue weighted by molar-refractivity contribution is 8.21. The van der Waals surface area contributed by atoms with Gasteiger partial charge in [-0.1, -0.05) is 24.3 Å². The number of benzene rings is 1. The Hall–Kier alpha value is -1.37. The molecule has 2 atom stereocenters. The number of Topliss-reactive ketones (excluding diaryl/α,β-unsaturated/α-hetero) is 2. The lowest BCUT2D eigenvalue weighted by Gasteiger charge is -2.25. The molecule has 0 saturated carbocycles. The fourth-order valence-corrected chi connectivity index (χ4v) is 4.59. The Morgan fingerprint density at radius 2 is 1.80 bits per heavy atom. The lowest BCUT2D eigenvalue weighted by molar-refractivity contribution is 0.0968. The molecular weight excluding hydrogens is 379 g/mol. The zero-order valence-electron chi connectivity index (χ0n) is 12.9. The first kappa shape index (κ1) is 19.9. The van der Waals surface area contributed by atoms with Crippen molar-refractivity contribution < 1.29 is 40.2 Å². The Balaban J connectivity index is 2.22. The predicted molar refractivity (Wildman–Crippen MR) is 88.2 cm³/mol. The highest BCUT2D eigenvalue weighted by Crippen LogP contribution is 2.52. The average molecular weight is 396 g/mol. The summed E-state index contributed by atoms with van der Waals surface area (Å²) in [6.07, 6.45) is -0.540. The molecule has 0 aromatic heterocycles. The van der Waals surface area contributed by atoms with Gasteiger partial charge in [-0.2, -0.15) is 8.42 Å². The van der Waals surface area contributed by atoms with E-state index in [0.717, 1.165) is 12.1 Å². The van der Waals surface area contributed by atoms with Crippen molar-refractivity contribution in [2.24, 2.45) is 0 Å². The third-order valence-corrected chi connectivity index (χ3v) is 6.65. The van der Waals surface area contributed by atoms with Crippen molar-refractivity contribution in [1.82, 2.24) is 0 Å². The minimum absolute atomic E-state index is 0.0363. The number of ketones is 2. The highest BCUT2D eigenvalue weighted by atomic mass is 32.3. The van der Waals surface area contributed by atoms with Crippen LogP contribution in [0.3, 0.4) is 0 Å². The van der Waals surface area contributed by atoms with Crippen molar-refractivity contribution in [3.63, 3.8) is 0 Å². The van der Waals surface area contributed by atoms with Crippen molar-refractivity contribution in [2.75, 3.05) is 13.3 Å². The molecule has 1 saturated heterocycles. The zero-order valence-corrected chi connectivity index (χ0v) is 14.5. The number of halogens is 1. The molecule has 25 heavy (non-hydrogen) atoms. The lowest BCUT2D eigenvalue weighted by Crippen LogP contribution is -2.30. The summed E-state index contributed by atoms with van der Waals surface area (Å²) < 4.78 is 68.0. The summed E-state index contributed by atoms with van der Waals surface area (Å²) >= 11 is 0. The van der Waals surface area contributed by atoms with E-state index in [2.05, 4.69) is 0 Å². The molecular formula is C14H17FO8S2. The number of carbonyl (C=O) groups is 2. The number of carbonyl (C=O) groups excluding carboxylic acids is 2. The van der Waals surface area contributed by atoms with Crippen LogP contribution in [0.1, 0.15) is 33.6 Å². The molecule has 1 fully saturated rings. The van der Waals surface area contributed by atoms with Gasteiger partial charge in [0.05, 0.1) is 24.2 Å². The molecule has 0 aliphatic carbocycles. The largest absolute Gasteiger partial charge is 0.307 e. The molecule has 0 amide bonds. The quantitative estimate of drug-likeness (QED) is 0.471. The van der Waals surface area contributed by atoms with E-state index in [0.29, 0.717) is 0 Å². The molecule has 140 valence electrons. The third-order valence-electron chi connectivity index (χ3n) is 3.78. The van der Waals surface area contributed by atoms with Crippen molar-refractivity contribution >= 4 is 32.6 Å². The van der Waals surface area contributed by atoms with Crippen LogP contribution >= 0.6 is 10.9 Å². The fourth-order valence-electron chi connectivity index (χ4n) is 2.47. The summed E-state index contributed by atoms with van der Waals surface area (Å²) in [5.41, 5.74) is -0.0390. The molecule has 1 heterocycles. The monoisotopic (exact) mass is 396 g/mol. The van der Waals surface area contributed by atoms with Crippen LogP contribution in [0.5, 0.6) is 0 Å². The normalized spacial score (nSPS) is 22.3. The topological polar surface area (TPSA) is 138 Å². The van der Waals surface area contributed by atoms with Crippen molar-refractivity contribution in [3.05, 3.63) is 35.4 Å². The molecule has 1 aliphatic heterocycles. The van der Waals surface area contributed by atoms with Crippen LogP contribution in [0.15, 0.2) is 24.3 Å². The van der Waals surface area contributed by atoms with E-state index in [4.69, 9.17) is 8.74 Å². The molecule has 8 nitrogen and oxygen atoms in total. The molecule has 0 bridgehead atoms. The van der Waals surface area contributed by atoms with Crippen LogP contribution in [0, 0.1) is 0 Å². The average Bonchev–Trinajstić information content (AvgIpc) is 2.89. The van der Waals surface area contributed by atoms with Gasteiger partial charge in [-0.3, -0.25) is 22.7 Å². The number of hydrogen-bond donors (Lipinski definition) is 3. The Morgan fingerprint density at radius 3 is 2.24 bits per heavy atom. The fraction of sp³-hybridized carbons (Fsp3) is 0.429. The molecule has 0 radical (unpaired) electrons. The summed E-state index contributed by atoms with van der Waals surface area (Å²) in [5.74, 6) is -1.57. The van der Waals surface area contributed by atoms with Crippen LogP contribution in [0.4, 0.5) is 4.39 Å². The van der Waals surface area contributed by atoms with Gasteiger partial charge in [-0.05, 0) is 6.42 Å². The molecule has 2 rings (SSSR count). The van der Waals surface area contributed by atoms with E-state index in [1.807, 2.05) is 0 Å². The molecule has 1 aliphatic rings. The number of hydrogen-bond acceptors (Lipinski definition) is 7. The SMILES string of the molecule is O=C(c1ccc(C(=O)C(CCF)S(=O)(=O)O)cc1)C1CCOS1(O)O. The molecule has 1 aromatic rings. The second-order valence-corrected chi connectivity index (χ2v) is 8.90. The maximum atomic E-state index is 12.4. The van der Waals surface area contributed by atoms with Crippen LogP contribution < -0.4 is 0 Å². The van der Waals surface area contributed by atoms with E-state index >= 15 is 0 Å². The van der Waals surface area contributed by atoms with E-state index in [1.165, 1.54) is 12.1 Å². The van der Waals surface area contributed by atoms with Crippen molar-refractivity contribution in [2.45, 2.75) is 23.3 Å². The summed E-state index contributed by atoms with van der Waals surface area (Å²) in [7, 11) is -8.24.